The third-order valence-corrected chi connectivity index (χ3v) is 5.73. The Kier molecular flexibility index (Phi) is 8.38. The van der Waals surface area contributed by atoms with Crippen molar-refractivity contribution in [3.8, 4) is 11.5 Å². The molecule has 1 heterocycles. The lowest BCUT2D eigenvalue weighted by Gasteiger charge is -2.43. The van der Waals surface area contributed by atoms with Crippen molar-refractivity contribution in [2.75, 3.05) is 33.9 Å². The summed E-state index contributed by atoms with van der Waals surface area (Å²) in [5, 5.41) is 6.89. The highest BCUT2D eigenvalue weighted by atomic mass is 16.5. The highest BCUT2D eigenvalue weighted by Crippen LogP contribution is 2.46. The molecule has 1 aromatic rings. The molecule has 1 saturated heterocycles. The van der Waals surface area contributed by atoms with Crippen LogP contribution >= 0.6 is 0 Å². The highest BCUT2D eigenvalue weighted by Gasteiger charge is 2.45. The molecule has 1 aliphatic carbocycles. The van der Waals surface area contributed by atoms with Crippen molar-refractivity contribution < 1.29 is 24.1 Å². The smallest absolute Gasteiger partial charge is 0.290 e. The fourth-order valence-corrected chi connectivity index (χ4v) is 4.68. The first-order valence-electron chi connectivity index (χ1n) is 9.75. The Morgan fingerprint density at radius 3 is 2.67 bits per heavy atom. The average Bonchev–Trinajstić information content (AvgIpc) is 3.05. The van der Waals surface area contributed by atoms with Crippen LogP contribution in [-0.2, 0) is 16.1 Å². The van der Waals surface area contributed by atoms with Crippen LogP contribution in [0.15, 0.2) is 18.2 Å². The van der Waals surface area contributed by atoms with E-state index in [1.807, 2.05) is 20.1 Å². The van der Waals surface area contributed by atoms with Gasteiger partial charge in [-0.05, 0) is 56.8 Å². The molecule has 2 aliphatic rings. The third-order valence-electron chi connectivity index (χ3n) is 5.73. The molecule has 0 bridgehead atoms. The zero-order chi connectivity index (χ0) is 19.7. The molecule has 2 fully saturated rings. The lowest BCUT2D eigenvalue weighted by atomic mass is 9.76. The second-order valence-corrected chi connectivity index (χ2v) is 7.32. The normalized spacial score (nSPS) is 24.9. The number of likely N-dealkylation sites (tertiary alicyclic amines) is 1. The van der Waals surface area contributed by atoms with Gasteiger partial charge in [-0.15, -0.1) is 0 Å². The van der Waals surface area contributed by atoms with E-state index in [9.17, 15) is 0 Å². The average molecular weight is 379 g/mol. The predicted molar refractivity (Wildman–Crippen MR) is 104 cm³/mol. The molecule has 27 heavy (non-hydrogen) atoms. The van der Waals surface area contributed by atoms with E-state index in [2.05, 4.69) is 17.0 Å². The first kappa shape index (κ1) is 21.5. The van der Waals surface area contributed by atoms with Crippen LogP contribution in [0.4, 0.5) is 0 Å². The molecule has 0 radical (unpaired) electrons. The van der Waals surface area contributed by atoms with Gasteiger partial charge >= 0.3 is 0 Å². The largest absolute Gasteiger partial charge is 0.493 e. The molecule has 1 saturated carbocycles. The molecule has 6 heteroatoms. The minimum absolute atomic E-state index is 0.250. The van der Waals surface area contributed by atoms with Gasteiger partial charge < -0.3 is 19.3 Å². The lowest BCUT2D eigenvalue weighted by Crippen LogP contribution is -2.47. The Hall–Kier alpha value is -1.79. The Bertz CT molecular complexity index is 594. The quantitative estimate of drug-likeness (QED) is 0.762. The van der Waals surface area contributed by atoms with Gasteiger partial charge in [-0.25, -0.2) is 0 Å². The first-order valence-corrected chi connectivity index (χ1v) is 9.75. The maximum absolute atomic E-state index is 8.36. The Morgan fingerprint density at radius 2 is 2.00 bits per heavy atom. The van der Waals surface area contributed by atoms with E-state index in [0.29, 0.717) is 18.1 Å². The molecular formula is C21H33NO5. The van der Waals surface area contributed by atoms with E-state index in [-0.39, 0.29) is 6.47 Å². The van der Waals surface area contributed by atoms with Crippen LogP contribution in [0.5, 0.6) is 11.5 Å². The molecule has 0 amide bonds. The van der Waals surface area contributed by atoms with Gasteiger partial charge in [0.25, 0.3) is 6.47 Å². The number of hydrogen-bond acceptors (Lipinski definition) is 5. The summed E-state index contributed by atoms with van der Waals surface area (Å²) in [7, 11) is 3.59. The maximum Gasteiger partial charge on any atom is 0.290 e. The minimum atomic E-state index is -0.250. The summed E-state index contributed by atoms with van der Waals surface area (Å²) in [4.78, 5) is 11.0. The number of benzene rings is 1. The Balaban J connectivity index is 0.000000817. The van der Waals surface area contributed by atoms with Gasteiger partial charge in [0, 0.05) is 25.6 Å². The molecule has 3 rings (SSSR count). The van der Waals surface area contributed by atoms with Crippen LogP contribution in [0.25, 0.3) is 0 Å². The molecule has 152 valence electrons. The van der Waals surface area contributed by atoms with Gasteiger partial charge in [0.1, 0.15) is 0 Å². The zero-order valence-electron chi connectivity index (χ0n) is 16.8. The van der Waals surface area contributed by atoms with Crippen molar-refractivity contribution in [3.05, 3.63) is 23.8 Å². The topological polar surface area (TPSA) is 68.2 Å². The summed E-state index contributed by atoms with van der Waals surface area (Å²) >= 11 is 0. The summed E-state index contributed by atoms with van der Waals surface area (Å²) in [5.41, 5.74) is 1.67. The molecule has 2 atom stereocenters. The van der Waals surface area contributed by atoms with Crippen LogP contribution in [0.3, 0.4) is 0 Å². The number of methoxy groups -OCH3 is 2. The van der Waals surface area contributed by atoms with Crippen LogP contribution in [0.2, 0.25) is 0 Å². The SMILES string of the molecule is CCOc1ccc(CN2CCC[C@]3(CCC[C@H]3OC)C2)cc1OC.O=CO. The zero-order valence-corrected chi connectivity index (χ0v) is 16.8. The molecule has 0 unspecified atom stereocenters. The van der Waals surface area contributed by atoms with Gasteiger partial charge in [0.05, 0.1) is 19.8 Å². The molecule has 1 spiro atoms. The fraction of sp³-hybridized carbons (Fsp3) is 0.667. The molecule has 0 aromatic heterocycles. The number of hydrogen-bond donors (Lipinski definition) is 1. The first-order chi connectivity index (χ1) is 13.1. The van der Waals surface area contributed by atoms with E-state index in [1.165, 1.54) is 44.2 Å². The summed E-state index contributed by atoms with van der Waals surface area (Å²) < 4.78 is 16.9. The van der Waals surface area contributed by atoms with Crippen LogP contribution in [-0.4, -0.2) is 56.5 Å². The molecular weight excluding hydrogens is 346 g/mol. The van der Waals surface area contributed by atoms with Gasteiger partial charge in [0.2, 0.25) is 0 Å². The Labute approximate surface area is 162 Å². The van der Waals surface area contributed by atoms with Gasteiger partial charge in [0.15, 0.2) is 11.5 Å². The van der Waals surface area contributed by atoms with E-state index in [1.54, 1.807) is 7.11 Å². The van der Waals surface area contributed by atoms with Crippen molar-refractivity contribution in [3.63, 3.8) is 0 Å². The number of piperidine rings is 1. The van der Waals surface area contributed by atoms with E-state index >= 15 is 0 Å². The number of carbonyl (C=O) groups is 1. The van der Waals surface area contributed by atoms with Crippen molar-refractivity contribution in [2.24, 2.45) is 5.41 Å². The summed E-state index contributed by atoms with van der Waals surface area (Å²) in [6.45, 7) is 5.70. The van der Waals surface area contributed by atoms with Crippen LogP contribution in [0.1, 0.15) is 44.6 Å². The maximum atomic E-state index is 8.36. The summed E-state index contributed by atoms with van der Waals surface area (Å²) in [6.07, 6.45) is 6.87. The van der Waals surface area contributed by atoms with Crippen molar-refractivity contribution in [1.82, 2.24) is 4.90 Å². The predicted octanol–water partition coefficient (Wildman–Crippen LogP) is 3.58. The second-order valence-electron chi connectivity index (χ2n) is 7.32. The minimum Gasteiger partial charge on any atom is -0.493 e. The summed E-state index contributed by atoms with van der Waals surface area (Å²) in [5.74, 6) is 1.66. The van der Waals surface area contributed by atoms with E-state index in [0.717, 1.165) is 24.6 Å². The second kappa shape index (κ2) is 10.5. The van der Waals surface area contributed by atoms with Crippen LogP contribution in [0, 0.1) is 5.41 Å². The lowest BCUT2D eigenvalue weighted by molar-refractivity contribution is -0.122. The third kappa shape index (κ3) is 5.36. The molecule has 1 aliphatic heterocycles. The number of nitrogens with zero attached hydrogens (tertiary/aromatic N) is 1. The van der Waals surface area contributed by atoms with Gasteiger partial charge in [-0.2, -0.15) is 0 Å². The fourth-order valence-electron chi connectivity index (χ4n) is 4.68. The Morgan fingerprint density at radius 1 is 1.26 bits per heavy atom. The van der Waals surface area contributed by atoms with Crippen molar-refractivity contribution >= 4 is 6.47 Å². The van der Waals surface area contributed by atoms with Gasteiger partial charge in [-0.3, -0.25) is 9.69 Å². The molecule has 1 N–H and O–H groups in total. The molecule has 6 nitrogen and oxygen atoms in total. The van der Waals surface area contributed by atoms with Crippen LogP contribution < -0.4 is 9.47 Å². The standard InChI is InChI=1S/C20H31NO3.CH2O2/c1-4-24-17-9-8-16(13-18(17)22-2)14-21-12-6-11-20(15-21)10-5-7-19(20)23-3;2-1-3/h8-9,13,19H,4-7,10-12,14-15H2,1-3H3;1H,(H,2,3)/t19-,20-;/m1./s1. The number of rotatable bonds is 6. The summed E-state index contributed by atoms with van der Waals surface area (Å²) in [6, 6.07) is 6.32. The van der Waals surface area contributed by atoms with E-state index in [4.69, 9.17) is 24.1 Å². The number of carboxylic acid groups (broad SMARTS) is 1. The molecule has 1 aromatic carbocycles. The van der Waals surface area contributed by atoms with Crippen molar-refractivity contribution in [2.45, 2.75) is 51.7 Å². The monoisotopic (exact) mass is 379 g/mol. The van der Waals surface area contributed by atoms with E-state index < -0.39 is 0 Å². The highest BCUT2D eigenvalue weighted by molar-refractivity contribution is 5.43. The van der Waals surface area contributed by atoms with Crippen molar-refractivity contribution in [1.29, 1.82) is 0 Å². The number of ether oxygens (including phenoxy) is 3. The van der Waals surface area contributed by atoms with Gasteiger partial charge in [-0.1, -0.05) is 12.5 Å².